The molecule has 7 rings (SSSR count). The molecule has 4 aliphatic heterocycles. The van der Waals surface area contributed by atoms with E-state index < -0.39 is 28.9 Å². The van der Waals surface area contributed by atoms with Crippen molar-refractivity contribution in [2.75, 3.05) is 13.2 Å². The van der Waals surface area contributed by atoms with Crippen LogP contribution in [0.4, 0.5) is 0 Å². The van der Waals surface area contributed by atoms with Gasteiger partial charge in [0.05, 0.1) is 12.6 Å². The summed E-state index contributed by atoms with van der Waals surface area (Å²) in [5, 5.41) is 0. The van der Waals surface area contributed by atoms with Crippen LogP contribution in [-0.2, 0) is 33.3 Å². The summed E-state index contributed by atoms with van der Waals surface area (Å²) < 4.78 is 30.5. The van der Waals surface area contributed by atoms with E-state index in [2.05, 4.69) is 13.8 Å². The van der Waals surface area contributed by atoms with Gasteiger partial charge in [-0.15, -0.1) is 0 Å². The molecule has 5 fully saturated rings. The molecule has 29 heavy (non-hydrogen) atoms. The van der Waals surface area contributed by atoms with Crippen molar-refractivity contribution in [3.8, 4) is 0 Å². The Kier molecular flexibility index (Phi) is 2.90. The molecule has 8 heteroatoms. The van der Waals surface area contributed by atoms with Gasteiger partial charge in [0, 0.05) is 11.5 Å². The predicted octanol–water partition coefficient (Wildman–Crippen LogP) is 0.223. The first kappa shape index (κ1) is 17.2. The van der Waals surface area contributed by atoms with Gasteiger partial charge in [0.1, 0.15) is 30.0 Å². The maximum atomic E-state index is 12.3. The van der Waals surface area contributed by atoms with Gasteiger partial charge in [-0.05, 0) is 36.7 Å². The van der Waals surface area contributed by atoms with E-state index in [1.807, 2.05) is 0 Å². The van der Waals surface area contributed by atoms with E-state index in [-0.39, 0.29) is 48.6 Å². The number of hydrogen-bond donors (Lipinski definition) is 1. The van der Waals surface area contributed by atoms with Crippen LogP contribution in [0.5, 0.6) is 0 Å². The molecule has 156 valence electrons. The molecule has 0 bridgehead atoms. The number of fused-ring (bicyclic) bond motifs is 4. The normalized spacial score (nSPS) is 55.0. The first-order valence-corrected chi connectivity index (χ1v) is 10.7. The minimum Gasteiger partial charge on any atom is -0.458 e. The van der Waals surface area contributed by atoms with Gasteiger partial charge < -0.3 is 29.4 Å². The molecule has 7 aliphatic rings. The van der Waals surface area contributed by atoms with Gasteiger partial charge in [0.2, 0.25) is 0 Å². The molecule has 9 atom stereocenters. The molecule has 3 saturated heterocycles. The van der Waals surface area contributed by atoms with Crippen molar-refractivity contribution in [2.24, 2.45) is 23.5 Å². The standard InChI is InChI=1S/C21H25NO7/c1-8(2)19-15(28-19)16-20(29-16)12-4-3-9-11(7-25-17(9)24)10(12)5-13-21(20,27-13)18(19)26-14(23)6-22/h8,10,12-13,15-16,18H,3-7,22H2,1-2H3/t10-,12-,13-,15-,16-,18+,19-,20-,21+/m0/s1. The first-order chi connectivity index (χ1) is 13.9. The van der Waals surface area contributed by atoms with Crippen molar-refractivity contribution in [1.82, 2.24) is 0 Å². The fraction of sp³-hybridized carbons (Fsp3) is 0.810. The zero-order chi connectivity index (χ0) is 19.9. The molecule has 0 aromatic rings. The smallest absolute Gasteiger partial charge is 0.334 e. The quantitative estimate of drug-likeness (QED) is 0.526. The number of hydrogen-bond acceptors (Lipinski definition) is 8. The lowest BCUT2D eigenvalue weighted by Crippen LogP contribution is -2.67. The highest BCUT2D eigenvalue weighted by Gasteiger charge is 2.99. The van der Waals surface area contributed by atoms with Crippen molar-refractivity contribution in [2.45, 2.75) is 74.3 Å². The van der Waals surface area contributed by atoms with Crippen LogP contribution >= 0.6 is 0 Å². The summed E-state index contributed by atoms with van der Waals surface area (Å²) in [6.07, 6.45) is 1.63. The molecular weight excluding hydrogens is 378 g/mol. The summed E-state index contributed by atoms with van der Waals surface area (Å²) >= 11 is 0. The zero-order valence-electron chi connectivity index (χ0n) is 16.5. The minimum atomic E-state index is -0.664. The molecule has 0 amide bonds. The van der Waals surface area contributed by atoms with Crippen LogP contribution in [0.15, 0.2) is 11.1 Å². The van der Waals surface area contributed by atoms with Crippen LogP contribution in [0.25, 0.3) is 0 Å². The van der Waals surface area contributed by atoms with E-state index in [4.69, 9.17) is 29.4 Å². The number of esters is 2. The lowest BCUT2D eigenvalue weighted by molar-refractivity contribution is -0.163. The lowest BCUT2D eigenvalue weighted by atomic mass is 9.53. The lowest BCUT2D eigenvalue weighted by Gasteiger charge is -2.47. The third kappa shape index (κ3) is 1.64. The molecule has 0 aromatic heterocycles. The molecular formula is C21H25NO7. The third-order valence-corrected chi connectivity index (χ3v) is 8.82. The number of cyclic esters (lactones) is 1. The average molecular weight is 403 g/mol. The molecule has 0 aromatic carbocycles. The van der Waals surface area contributed by atoms with Gasteiger partial charge in [0.15, 0.2) is 11.7 Å². The van der Waals surface area contributed by atoms with E-state index in [1.54, 1.807) is 0 Å². The van der Waals surface area contributed by atoms with E-state index >= 15 is 0 Å². The van der Waals surface area contributed by atoms with E-state index in [0.29, 0.717) is 13.0 Å². The number of rotatable bonds is 3. The van der Waals surface area contributed by atoms with Crippen LogP contribution in [0.1, 0.15) is 33.1 Å². The van der Waals surface area contributed by atoms with Crippen molar-refractivity contribution in [3.05, 3.63) is 11.1 Å². The number of epoxide rings is 3. The highest BCUT2D eigenvalue weighted by Crippen LogP contribution is 2.80. The Bertz CT molecular complexity index is 899. The molecule has 2 saturated carbocycles. The van der Waals surface area contributed by atoms with Gasteiger partial charge in [0.25, 0.3) is 0 Å². The summed E-state index contributed by atoms with van der Waals surface area (Å²) in [6, 6.07) is 0. The number of carbonyl (C=O) groups excluding carboxylic acids is 2. The fourth-order valence-corrected chi connectivity index (χ4v) is 7.56. The molecule has 8 nitrogen and oxygen atoms in total. The first-order valence-electron chi connectivity index (χ1n) is 10.7. The summed E-state index contributed by atoms with van der Waals surface area (Å²) in [4.78, 5) is 24.4. The minimum absolute atomic E-state index is 0.0456. The van der Waals surface area contributed by atoms with Gasteiger partial charge in [-0.3, -0.25) is 4.79 Å². The summed E-state index contributed by atoms with van der Waals surface area (Å²) in [7, 11) is 0. The van der Waals surface area contributed by atoms with E-state index in [1.165, 1.54) is 0 Å². The maximum absolute atomic E-state index is 12.3. The second-order valence-corrected chi connectivity index (χ2v) is 9.92. The highest BCUT2D eigenvalue weighted by molar-refractivity contribution is 5.92. The number of nitrogens with two attached hydrogens (primary N) is 1. The summed E-state index contributed by atoms with van der Waals surface area (Å²) in [5.41, 5.74) is 5.82. The molecule has 4 heterocycles. The van der Waals surface area contributed by atoms with Crippen LogP contribution in [0, 0.1) is 17.8 Å². The molecule has 2 N–H and O–H groups in total. The summed E-state index contributed by atoms with van der Waals surface area (Å²) in [5.74, 6) is -0.0168. The van der Waals surface area contributed by atoms with Crippen molar-refractivity contribution >= 4 is 11.9 Å². The van der Waals surface area contributed by atoms with Crippen LogP contribution in [0.2, 0.25) is 0 Å². The maximum Gasteiger partial charge on any atom is 0.334 e. The monoisotopic (exact) mass is 403 g/mol. The van der Waals surface area contributed by atoms with Crippen molar-refractivity contribution in [3.63, 3.8) is 0 Å². The van der Waals surface area contributed by atoms with Gasteiger partial charge in [-0.2, -0.15) is 0 Å². The van der Waals surface area contributed by atoms with Crippen LogP contribution in [0.3, 0.4) is 0 Å². The Morgan fingerprint density at radius 2 is 2.07 bits per heavy atom. The molecule has 3 aliphatic carbocycles. The summed E-state index contributed by atoms with van der Waals surface area (Å²) in [6.45, 7) is 4.40. The SMILES string of the molecule is CC(C)[C@]12O[C@H]1[C@@H]1O[C@@]13[C@H]1CCC4=C(COC4=O)[C@@H]1C[C@@H]1O[C@@]13[C@@H]2OC(=O)CN. The van der Waals surface area contributed by atoms with Gasteiger partial charge >= 0.3 is 11.9 Å². The Hall–Kier alpha value is -1.48. The second kappa shape index (κ2) is 4.88. The van der Waals surface area contributed by atoms with Gasteiger partial charge in [-0.25, -0.2) is 4.79 Å². The Morgan fingerprint density at radius 3 is 2.83 bits per heavy atom. The predicted molar refractivity (Wildman–Crippen MR) is 95.4 cm³/mol. The van der Waals surface area contributed by atoms with E-state index in [9.17, 15) is 9.59 Å². The topological polar surface area (TPSA) is 116 Å². The van der Waals surface area contributed by atoms with Crippen molar-refractivity contribution in [1.29, 1.82) is 0 Å². The van der Waals surface area contributed by atoms with Crippen LogP contribution < -0.4 is 5.73 Å². The molecule has 0 unspecified atom stereocenters. The fourth-order valence-electron chi connectivity index (χ4n) is 7.56. The van der Waals surface area contributed by atoms with Crippen molar-refractivity contribution < 1.29 is 33.3 Å². The Balaban J connectivity index is 1.33. The zero-order valence-corrected chi connectivity index (χ0v) is 16.5. The molecule has 2 spiro atoms. The largest absolute Gasteiger partial charge is 0.458 e. The van der Waals surface area contributed by atoms with Crippen LogP contribution in [-0.4, -0.2) is 66.3 Å². The van der Waals surface area contributed by atoms with Gasteiger partial charge in [-0.1, -0.05) is 13.8 Å². The second-order valence-electron chi connectivity index (χ2n) is 9.92. The Morgan fingerprint density at radius 1 is 1.24 bits per heavy atom. The van der Waals surface area contributed by atoms with E-state index in [0.717, 1.165) is 24.0 Å². The Labute approximate surface area is 168 Å². The third-order valence-electron chi connectivity index (χ3n) is 8.82. The number of carbonyl (C=O) groups is 2. The number of ether oxygens (including phenoxy) is 5. The highest BCUT2D eigenvalue weighted by atomic mass is 16.8. The molecule has 0 radical (unpaired) electrons. The average Bonchev–Trinajstić information content (AvgIpc) is 3.60.